The molecule has 3 rings (SSSR count). The van der Waals surface area contributed by atoms with E-state index >= 15 is 0 Å². The smallest absolute Gasteiger partial charge is 0.207 e. The van der Waals surface area contributed by atoms with E-state index in [0.717, 1.165) is 5.56 Å². The van der Waals surface area contributed by atoms with E-state index in [-0.39, 0.29) is 16.5 Å². The molecule has 1 aliphatic rings. The number of hydrogen-bond donors (Lipinski definition) is 0. The van der Waals surface area contributed by atoms with Crippen LogP contribution in [0.4, 0.5) is 0 Å². The van der Waals surface area contributed by atoms with Crippen molar-refractivity contribution in [3.8, 4) is 0 Å². The molecule has 0 aliphatic carbocycles. The maximum Gasteiger partial charge on any atom is 0.244 e. The molecule has 1 heterocycles. The van der Waals surface area contributed by atoms with Crippen LogP contribution in [-0.4, -0.2) is 45.2 Å². The molecular formula is C17H20N2O4S2. The lowest BCUT2D eigenvalue weighted by molar-refractivity contribution is 0.231. The van der Waals surface area contributed by atoms with Crippen LogP contribution in [0.2, 0.25) is 0 Å². The van der Waals surface area contributed by atoms with Gasteiger partial charge in [-0.1, -0.05) is 35.9 Å². The van der Waals surface area contributed by atoms with Crippen molar-refractivity contribution in [1.29, 1.82) is 0 Å². The lowest BCUT2D eigenvalue weighted by atomic mass is 10.2. The van der Waals surface area contributed by atoms with Crippen molar-refractivity contribution in [1.82, 2.24) is 8.61 Å². The van der Waals surface area contributed by atoms with Gasteiger partial charge in [0.1, 0.15) is 0 Å². The van der Waals surface area contributed by atoms with Gasteiger partial charge in [-0.25, -0.2) is 16.8 Å². The minimum absolute atomic E-state index is 0.171. The van der Waals surface area contributed by atoms with Crippen molar-refractivity contribution in [3.05, 3.63) is 60.2 Å². The number of rotatable bonds is 4. The van der Waals surface area contributed by atoms with Crippen molar-refractivity contribution >= 4 is 20.0 Å². The Hall–Kier alpha value is -1.74. The van der Waals surface area contributed by atoms with Crippen molar-refractivity contribution in [2.45, 2.75) is 23.1 Å². The van der Waals surface area contributed by atoms with E-state index in [9.17, 15) is 16.8 Å². The number of sulfonamides is 2. The zero-order chi connectivity index (χ0) is 18.1. The number of nitrogens with zero attached hydrogens (tertiary/aromatic N) is 2. The first-order chi connectivity index (χ1) is 11.8. The van der Waals surface area contributed by atoms with Crippen molar-refractivity contribution in [3.63, 3.8) is 0 Å². The lowest BCUT2D eigenvalue weighted by Crippen LogP contribution is -2.49. The molecule has 8 heteroatoms. The van der Waals surface area contributed by atoms with Crippen LogP contribution >= 0.6 is 0 Å². The third kappa shape index (κ3) is 3.62. The predicted octanol–water partition coefficient (Wildman–Crippen LogP) is 2.04. The molecule has 1 fully saturated rings. The minimum Gasteiger partial charge on any atom is -0.207 e. The van der Waals surface area contributed by atoms with Crippen LogP contribution in [0.5, 0.6) is 0 Å². The van der Waals surface area contributed by atoms with Crippen LogP contribution in [0, 0.1) is 6.92 Å². The fraction of sp³-hybridized carbons (Fsp3) is 0.294. The van der Waals surface area contributed by atoms with E-state index in [1.807, 2.05) is 6.92 Å². The van der Waals surface area contributed by atoms with E-state index in [0.29, 0.717) is 19.5 Å². The van der Waals surface area contributed by atoms with Gasteiger partial charge in [-0.2, -0.15) is 8.61 Å². The zero-order valence-corrected chi connectivity index (χ0v) is 15.5. The summed E-state index contributed by atoms with van der Waals surface area (Å²) in [5, 5.41) is 0. The van der Waals surface area contributed by atoms with Gasteiger partial charge in [-0.15, -0.1) is 0 Å². The molecule has 134 valence electrons. The Bertz CT molecular complexity index is 940. The summed E-state index contributed by atoms with van der Waals surface area (Å²) in [6, 6.07) is 14.6. The third-order valence-electron chi connectivity index (χ3n) is 4.17. The molecule has 0 aromatic heterocycles. The average molecular weight is 380 g/mol. The van der Waals surface area contributed by atoms with Crippen LogP contribution in [0.15, 0.2) is 64.4 Å². The van der Waals surface area contributed by atoms with Gasteiger partial charge in [0.05, 0.1) is 16.5 Å². The van der Waals surface area contributed by atoms with E-state index in [1.165, 1.54) is 20.7 Å². The van der Waals surface area contributed by atoms with Gasteiger partial charge >= 0.3 is 0 Å². The highest BCUT2D eigenvalue weighted by Gasteiger charge is 2.34. The van der Waals surface area contributed by atoms with Gasteiger partial charge in [0.25, 0.3) is 0 Å². The highest BCUT2D eigenvalue weighted by molar-refractivity contribution is 7.90. The quantitative estimate of drug-likeness (QED) is 0.813. The molecule has 2 aromatic rings. The van der Waals surface area contributed by atoms with Crippen molar-refractivity contribution in [2.24, 2.45) is 0 Å². The summed E-state index contributed by atoms with van der Waals surface area (Å²) < 4.78 is 53.6. The molecule has 0 N–H and O–H groups in total. The number of aryl methyl sites for hydroxylation is 1. The normalized spacial score (nSPS) is 17.5. The maximum atomic E-state index is 12.8. The second-order valence-corrected chi connectivity index (χ2v) is 9.86. The first kappa shape index (κ1) is 18.1. The molecule has 6 nitrogen and oxygen atoms in total. The lowest BCUT2D eigenvalue weighted by Gasteiger charge is -2.34. The molecule has 0 amide bonds. The first-order valence-electron chi connectivity index (χ1n) is 7.94. The van der Waals surface area contributed by atoms with Crippen molar-refractivity contribution < 1.29 is 16.8 Å². The first-order valence-corrected chi connectivity index (χ1v) is 10.8. The molecule has 0 unspecified atom stereocenters. The summed E-state index contributed by atoms with van der Waals surface area (Å²) in [6.07, 6.45) is 0.456. The topological polar surface area (TPSA) is 74.8 Å². The molecule has 0 atom stereocenters. The second kappa shape index (κ2) is 6.87. The fourth-order valence-corrected chi connectivity index (χ4v) is 5.71. The molecule has 2 aromatic carbocycles. The van der Waals surface area contributed by atoms with Crippen LogP contribution < -0.4 is 0 Å². The summed E-state index contributed by atoms with van der Waals surface area (Å²) in [6.45, 7) is 2.31. The average Bonchev–Trinajstić information content (AvgIpc) is 2.63. The van der Waals surface area contributed by atoms with E-state index < -0.39 is 20.0 Å². The van der Waals surface area contributed by atoms with Crippen LogP contribution in [0.3, 0.4) is 0 Å². The highest BCUT2D eigenvalue weighted by Crippen LogP contribution is 2.23. The van der Waals surface area contributed by atoms with Gasteiger partial charge in [0.2, 0.25) is 20.0 Å². The Morgan fingerprint density at radius 3 is 1.72 bits per heavy atom. The standard InChI is InChI=1S/C17H20N2O4S2/c1-15-8-10-17(11-9-15)25(22,23)19-13-5-12-18(14-19)24(20,21)16-6-3-2-4-7-16/h2-4,6-11H,5,12-14H2,1H3. The summed E-state index contributed by atoms with van der Waals surface area (Å²) in [5.41, 5.74) is 0.964. The Balaban J connectivity index is 1.87. The van der Waals surface area contributed by atoms with Gasteiger partial charge in [0.15, 0.2) is 0 Å². The summed E-state index contributed by atoms with van der Waals surface area (Å²) in [5.74, 6) is 0. The predicted molar refractivity (Wildman–Crippen MR) is 94.9 cm³/mol. The monoisotopic (exact) mass is 380 g/mol. The van der Waals surface area contributed by atoms with Gasteiger partial charge in [0, 0.05) is 13.1 Å². The van der Waals surface area contributed by atoms with Gasteiger partial charge < -0.3 is 0 Å². The fourth-order valence-electron chi connectivity index (χ4n) is 2.73. The molecule has 0 radical (unpaired) electrons. The zero-order valence-electron chi connectivity index (χ0n) is 13.9. The number of hydrogen-bond acceptors (Lipinski definition) is 4. The molecule has 0 spiro atoms. The second-order valence-electron chi connectivity index (χ2n) is 5.98. The Labute approximate surface area is 148 Å². The maximum absolute atomic E-state index is 12.8. The van der Waals surface area contributed by atoms with E-state index in [4.69, 9.17) is 0 Å². The summed E-state index contributed by atoms with van der Waals surface area (Å²) >= 11 is 0. The SMILES string of the molecule is Cc1ccc(S(=O)(=O)N2CCCN(S(=O)(=O)c3ccccc3)C2)cc1. The summed E-state index contributed by atoms with van der Waals surface area (Å²) in [7, 11) is -7.44. The Kier molecular flexibility index (Phi) is 4.97. The Morgan fingerprint density at radius 2 is 1.20 bits per heavy atom. The van der Waals surface area contributed by atoms with Gasteiger partial charge in [-0.3, -0.25) is 0 Å². The molecule has 25 heavy (non-hydrogen) atoms. The van der Waals surface area contributed by atoms with E-state index in [1.54, 1.807) is 42.5 Å². The number of benzene rings is 2. The Morgan fingerprint density at radius 1 is 0.720 bits per heavy atom. The third-order valence-corrected chi connectivity index (χ3v) is 7.86. The molecule has 1 aliphatic heterocycles. The molecular weight excluding hydrogens is 360 g/mol. The molecule has 1 saturated heterocycles. The van der Waals surface area contributed by atoms with Crippen LogP contribution in [0.25, 0.3) is 0 Å². The van der Waals surface area contributed by atoms with Crippen LogP contribution in [0.1, 0.15) is 12.0 Å². The molecule has 0 bridgehead atoms. The largest absolute Gasteiger partial charge is 0.244 e. The summed E-state index contributed by atoms with van der Waals surface area (Å²) in [4.78, 5) is 0.349. The minimum atomic E-state index is -3.73. The molecule has 0 saturated carbocycles. The van der Waals surface area contributed by atoms with Gasteiger partial charge in [-0.05, 0) is 37.6 Å². The van der Waals surface area contributed by atoms with Crippen molar-refractivity contribution in [2.75, 3.05) is 19.8 Å². The van der Waals surface area contributed by atoms with Crippen LogP contribution in [-0.2, 0) is 20.0 Å². The highest BCUT2D eigenvalue weighted by atomic mass is 32.2. The van der Waals surface area contributed by atoms with E-state index in [2.05, 4.69) is 0 Å².